The fourth-order valence-electron chi connectivity index (χ4n) is 5.73. The standard InChI is InChI=1S/C39H45N5O5/c1-6-48-39(47)29-11-17-34(37(45)40-22-19-27-7-13-31(14-8-27)42(2)3)35(25-29)38(46)44-23-20-33(21-24-44)49-36-18-12-30(26-41-36)28-9-15-32(16-10-28)43(4)5/h7-18,25-26,33H,6,19-24H2,1-5H3,(H,40,45). The zero-order valence-corrected chi connectivity index (χ0v) is 28.9. The van der Waals surface area contributed by atoms with E-state index in [1.165, 1.54) is 18.2 Å². The van der Waals surface area contributed by atoms with Gasteiger partial charge in [0, 0.05) is 89.9 Å². The first-order valence-electron chi connectivity index (χ1n) is 16.7. The van der Waals surface area contributed by atoms with Crippen LogP contribution in [-0.4, -0.2) is 88.2 Å². The zero-order chi connectivity index (χ0) is 34.9. The molecule has 0 bridgehead atoms. The van der Waals surface area contributed by atoms with Gasteiger partial charge in [0.1, 0.15) is 6.10 Å². The van der Waals surface area contributed by atoms with Gasteiger partial charge in [-0.2, -0.15) is 0 Å². The van der Waals surface area contributed by atoms with Crippen LogP contribution in [0.15, 0.2) is 85.1 Å². The largest absolute Gasteiger partial charge is 0.474 e. The van der Waals surface area contributed by atoms with Crippen molar-refractivity contribution in [2.24, 2.45) is 0 Å². The van der Waals surface area contributed by atoms with Gasteiger partial charge in [-0.05, 0) is 73.0 Å². The predicted molar refractivity (Wildman–Crippen MR) is 193 cm³/mol. The highest BCUT2D eigenvalue weighted by Crippen LogP contribution is 2.25. The minimum Gasteiger partial charge on any atom is -0.474 e. The quantitative estimate of drug-likeness (QED) is 0.192. The van der Waals surface area contributed by atoms with Gasteiger partial charge in [0.15, 0.2) is 0 Å². The normalized spacial score (nSPS) is 13.0. The summed E-state index contributed by atoms with van der Waals surface area (Å²) in [4.78, 5) is 50.1. The van der Waals surface area contributed by atoms with Crippen LogP contribution in [0.25, 0.3) is 11.1 Å². The third-order valence-electron chi connectivity index (χ3n) is 8.63. The minimum absolute atomic E-state index is 0.109. The van der Waals surface area contributed by atoms with Crippen LogP contribution in [0.2, 0.25) is 0 Å². The van der Waals surface area contributed by atoms with Crippen LogP contribution in [-0.2, 0) is 11.2 Å². The van der Waals surface area contributed by atoms with Crippen molar-refractivity contribution < 1.29 is 23.9 Å². The topological polar surface area (TPSA) is 104 Å². The van der Waals surface area contributed by atoms with E-state index in [2.05, 4.69) is 39.5 Å². The molecule has 5 rings (SSSR count). The van der Waals surface area contributed by atoms with Gasteiger partial charge in [-0.15, -0.1) is 0 Å². The average molecular weight is 664 g/mol. The van der Waals surface area contributed by atoms with Gasteiger partial charge in [-0.25, -0.2) is 9.78 Å². The molecule has 10 heteroatoms. The molecule has 2 amide bonds. The highest BCUT2D eigenvalue weighted by Gasteiger charge is 2.28. The molecule has 1 fully saturated rings. The molecule has 256 valence electrons. The van der Waals surface area contributed by atoms with Crippen molar-refractivity contribution in [2.75, 3.05) is 64.2 Å². The second-order valence-corrected chi connectivity index (χ2v) is 12.5. The highest BCUT2D eigenvalue weighted by atomic mass is 16.5. The molecule has 1 aliphatic heterocycles. The van der Waals surface area contributed by atoms with E-state index in [-0.39, 0.29) is 41.2 Å². The van der Waals surface area contributed by atoms with Crippen LogP contribution >= 0.6 is 0 Å². The van der Waals surface area contributed by atoms with E-state index in [9.17, 15) is 14.4 Å². The number of anilines is 2. The lowest BCUT2D eigenvalue weighted by Crippen LogP contribution is -2.42. The van der Waals surface area contributed by atoms with Crippen molar-refractivity contribution in [3.63, 3.8) is 0 Å². The third kappa shape index (κ3) is 8.95. The van der Waals surface area contributed by atoms with Crippen molar-refractivity contribution in [1.29, 1.82) is 0 Å². The first-order valence-corrected chi connectivity index (χ1v) is 16.7. The SMILES string of the molecule is CCOC(=O)c1ccc(C(=O)NCCc2ccc(N(C)C)cc2)c(C(=O)N2CCC(Oc3ccc(-c4ccc(N(C)C)cc4)cn3)CC2)c1. The summed E-state index contributed by atoms with van der Waals surface area (Å²) in [6.07, 6.45) is 3.54. The summed E-state index contributed by atoms with van der Waals surface area (Å²) in [5.74, 6) is -0.684. The van der Waals surface area contributed by atoms with E-state index in [1.807, 2.05) is 75.7 Å². The summed E-state index contributed by atoms with van der Waals surface area (Å²) in [6, 6.07) is 24.8. The highest BCUT2D eigenvalue weighted by molar-refractivity contribution is 6.08. The van der Waals surface area contributed by atoms with Crippen molar-refractivity contribution in [3.8, 4) is 17.0 Å². The van der Waals surface area contributed by atoms with Gasteiger partial charge in [-0.1, -0.05) is 24.3 Å². The Morgan fingerprint density at radius 3 is 2.04 bits per heavy atom. The number of benzene rings is 3. The smallest absolute Gasteiger partial charge is 0.338 e. The molecular weight excluding hydrogens is 618 g/mol. The van der Waals surface area contributed by atoms with Crippen molar-refractivity contribution >= 4 is 29.2 Å². The van der Waals surface area contributed by atoms with Crippen LogP contribution in [0, 0.1) is 0 Å². The Bertz CT molecular complexity index is 1730. The number of esters is 1. The molecule has 1 aliphatic rings. The number of likely N-dealkylation sites (tertiary alicyclic amines) is 1. The van der Waals surface area contributed by atoms with E-state index in [0.717, 1.165) is 28.1 Å². The van der Waals surface area contributed by atoms with Crippen LogP contribution in [0.5, 0.6) is 5.88 Å². The fraction of sp³-hybridized carbons (Fsp3) is 0.333. The van der Waals surface area contributed by atoms with Crippen molar-refractivity contribution in [1.82, 2.24) is 15.2 Å². The Hall–Kier alpha value is -5.38. The fourth-order valence-corrected chi connectivity index (χ4v) is 5.73. The van der Waals surface area contributed by atoms with Gasteiger partial charge in [0.2, 0.25) is 5.88 Å². The number of ether oxygens (including phenoxy) is 2. The number of rotatable bonds is 12. The van der Waals surface area contributed by atoms with Crippen LogP contribution < -0.4 is 19.9 Å². The van der Waals surface area contributed by atoms with Gasteiger partial charge in [0.25, 0.3) is 11.8 Å². The van der Waals surface area contributed by atoms with Crippen LogP contribution in [0.4, 0.5) is 11.4 Å². The summed E-state index contributed by atoms with van der Waals surface area (Å²) in [7, 11) is 8.00. The van der Waals surface area contributed by atoms with Crippen molar-refractivity contribution in [2.45, 2.75) is 32.3 Å². The molecule has 4 aromatic rings. The number of piperidine rings is 1. The number of pyridine rings is 1. The second-order valence-electron chi connectivity index (χ2n) is 12.5. The molecular formula is C39H45N5O5. The Morgan fingerprint density at radius 1 is 0.816 bits per heavy atom. The first kappa shape index (κ1) is 34.9. The number of nitrogens with zero attached hydrogens (tertiary/aromatic N) is 4. The minimum atomic E-state index is -0.541. The van der Waals surface area contributed by atoms with E-state index in [0.29, 0.717) is 44.8 Å². The van der Waals surface area contributed by atoms with Crippen LogP contribution in [0.1, 0.15) is 56.4 Å². The summed E-state index contributed by atoms with van der Waals surface area (Å²) in [5, 5.41) is 2.95. The molecule has 10 nitrogen and oxygen atoms in total. The third-order valence-corrected chi connectivity index (χ3v) is 8.63. The second kappa shape index (κ2) is 16.1. The lowest BCUT2D eigenvalue weighted by Gasteiger charge is -2.32. The average Bonchev–Trinajstić information content (AvgIpc) is 3.12. The zero-order valence-electron chi connectivity index (χ0n) is 28.9. The summed E-state index contributed by atoms with van der Waals surface area (Å²) < 4.78 is 11.4. The number of hydrogen-bond donors (Lipinski definition) is 1. The first-order chi connectivity index (χ1) is 23.6. The Kier molecular flexibility index (Phi) is 11.5. The summed E-state index contributed by atoms with van der Waals surface area (Å²) in [6.45, 7) is 3.20. The molecule has 1 aromatic heterocycles. The van der Waals surface area contributed by atoms with E-state index in [4.69, 9.17) is 9.47 Å². The number of carbonyl (C=O) groups is 3. The molecule has 0 aliphatic carbocycles. The molecule has 49 heavy (non-hydrogen) atoms. The maximum absolute atomic E-state index is 13.9. The molecule has 0 atom stereocenters. The maximum atomic E-state index is 13.9. The number of hydrogen-bond acceptors (Lipinski definition) is 8. The molecule has 0 unspecified atom stereocenters. The number of nitrogens with one attached hydrogen (secondary N) is 1. The van der Waals surface area contributed by atoms with Gasteiger partial charge in [0.05, 0.1) is 23.3 Å². The van der Waals surface area contributed by atoms with E-state index < -0.39 is 5.97 Å². The van der Waals surface area contributed by atoms with Gasteiger partial charge >= 0.3 is 5.97 Å². The van der Waals surface area contributed by atoms with Crippen LogP contribution in [0.3, 0.4) is 0 Å². The van der Waals surface area contributed by atoms with Gasteiger partial charge in [-0.3, -0.25) is 9.59 Å². The Balaban J connectivity index is 1.21. The maximum Gasteiger partial charge on any atom is 0.338 e. The summed E-state index contributed by atoms with van der Waals surface area (Å²) in [5.41, 5.74) is 6.02. The lowest BCUT2D eigenvalue weighted by molar-refractivity contribution is 0.0526. The Morgan fingerprint density at radius 2 is 1.45 bits per heavy atom. The molecule has 2 heterocycles. The molecule has 0 radical (unpaired) electrons. The summed E-state index contributed by atoms with van der Waals surface area (Å²) >= 11 is 0. The predicted octanol–water partition coefficient (Wildman–Crippen LogP) is 5.71. The van der Waals surface area contributed by atoms with Gasteiger partial charge < -0.3 is 29.5 Å². The molecule has 1 N–H and O–H groups in total. The number of amides is 2. The molecule has 3 aromatic carbocycles. The molecule has 0 spiro atoms. The number of aromatic nitrogens is 1. The van der Waals surface area contributed by atoms with E-state index in [1.54, 1.807) is 11.8 Å². The lowest BCUT2D eigenvalue weighted by atomic mass is 10.00. The van der Waals surface area contributed by atoms with Crippen molar-refractivity contribution in [3.05, 3.63) is 107 Å². The monoisotopic (exact) mass is 663 g/mol. The Labute approximate surface area is 288 Å². The number of carbonyl (C=O) groups excluding carboxylic acids is 3. The van der Waals surface area contributed by atoms with E-state index >= 15 is 0 Å². The molecule has 0 saturated carbocycles. The molecule has 1 saturated heterocycles.